The van der Waals surface area contributed by atoms with Crippen molar-refractivity contribution in [3.63, 3.8) is 0 Å². The molecule has 0 saturated heterocycles. The minimum absolute atomic E-state index is 0.00638. The Bertz CT molecular complexity index is 729. The number of ketones is 1. The quantitative estimate of drug-likeness (QED) is 0.621. The third-order valence-electron chi connectivity index (χ3n) is 2.90. The monoisotopic (exact) mass is 282 g/mol. The number of rotatable bonds is 4. The van der Waals surface area contributed by atoms with Crippen LogP contribution in [0.3, 0.4) is 0 Å². The summed E-state index contributed by atoms with van der Waals surface area (Å²) >= 11 is 1.15. The first-order valence-corrected chi connectivity index (χ1v) is 6.92. The van der Waals surface area contributed by atoms with E-state index < -0.39 is 0 Å². The lowest BCUT2D eigenvalue weighted by Crippen LogP contribution is -1.97. The van der Waals surface area contributed by atoms with E-state index in [1.54, 1.807) is 0 Å². The molecule has 0 unspecified atom stereocenters. The predicted molar refractivity (Wildman–Crippen MR) is 84.7 cm³/mol. The summed E-state index contributed by atoms with van der Waals surface area (Å²) in [5.41, 5.74) is 1.14. The fourth-order valence-electron chi connectivity index (χ4n) is 2.01. The van der Waals surface area contributed by atoms with Crippen LogP contribution in [0.4, 0.5) is 0 Å². The Morgan fingerprint density at radius 3 is 2.55 bits per heavy atom. The van der Waals surface area contributed by atoms with Crippen molar-refractivity contribution in [3.05, 3.63) is 61.2 Å². The maximum Gasteiger partial charge on any atom is 0.190 e. The number of benzene rings is 2. The fraction of sp³-hybridized carbons (Fsp3) is 0.0588. The van der Waals surface area contributed by atoms with Crippen LogP contribution >= 0.6 is 11.8 Å². The topological polar surface area (TPSA) is 34.1 Å². The Balaban J connectivity index is 2.66. The number of fused-ring (bicyclic) bond motifs is 1. The van der Waals surface area contributed by atoms with Gasteiger partial charge in [-0.25, -0.2) is 0 Å². The summed E-state index contributed by atoms with van der Waals surface area (Å²) in [5.74, 6) is -0.208. The molecule has 0 atom stereocenters. The van der Waals surface area contributed by atoms with Crippen LogP contribution in [0.2, 0.25) is 0 Å². The number of hydrogen-bond donors (Lipinski definition) is 0. The highest BCUT2D eigenvalue weighted by atomic mass is 32.2. The molecule has 0 radical (unpaired) electrons. The van der Waals surface area contributed by atoms with E-state index in [9.17, 15) is 9.59 Å². The molecule has 2 aromatic rings. The van der Waals surface area contributed by atoms with Gasteiger partial charge in [-0.2, -0.15) is 0 Å². The van der Waals surface area contributed by atoms with Crippen LogP contribution in [0.15, 0.2) is 60.5 Å². The van der Waals surface area contributed by atoms with Crippen molar-refractivity contribution >= 4 is 39.0 Å². The molecular formula is C17H14O2S. The van der Waals surface area contributed by atoms with Crippen LogP contribution in [0, 0.1) is 0 Å². The zero-order valence-electron chi connectivity index (χ0n) is 11.2. The van der Waals surface area contributed by atoms with Crippen LogP contribution in [0.25, 0.3) is 16.3 Å². The van der Waals surface area contributed by atoms with Gasteiger partial charge in [0.05, 0.1) is 0 Å². The van der Waals surface area contributed by atoms with Crippen molar-refractivity contribution in [1.82, 2.24) is 0 Å². The van der Waals surface area contributed by atoms with Gasteiger partial charge in [-0.15, -0.1) is 0 Å². The van der Waals surface area contributed by atoms with Gasteiger partial charge in [-0.1, -0.05) is 49.2 Å². The van der Waals surface area contributed by atoms with Gasteiger partial charge >= 0.3 is 0 Å². The molecule has 0 bridgehead atoms. The maximum absolute atomic E-state index is 11.8. The highest BCUT2D eigenvalue weighted by molar-refractivity contribution is 8.13. The van der Waals surface area contributed by atoms with E-state index in [-0.39, 0.29) is 10.9 Å². The minimum atomic E-state index is -0.208. The van der Waals surface area contributed by atoms with Gasteiger partial charge in [0, 0.05) is 17.4 Å². The number of thioether (sulfide) groups is 1. The molecule has 0 aliphatic rings. The van der Waals surface area contributed by atoms with E-state index in [4.69, 9.17) is 0 Å². The van der Waals surface area contributed by atoms with Crippen molar-refractivity contribution in [1.29, 1.82) is 0 Å². The first kappa shape index (κ1) is 14.3. The Hall–Kier alpha value is -2.13. The fourth-order valence-corrected chi connectivity index (χ4v) is 2.71. The van der Waals surface area contributed by atoms with Crippen molar-refractivity contribution in [2.45, 2.75) is 11.8 Å². The predicted octanol–water partition coefficient (Wildman–Crippen LogP) is 4.25. The molecule has 0 amide bonds. The largest absolute Gasteiger partial charge is 0.289 e. The molecule has 2 rings (SSSR count). The Morgan fingerprint density at radius 1 is 1.20 bits per heavy atom. The van der Waals surface area contributed by atoms with Crippen molar-refractivity contribution in [3.8, 4) is 0 Å². The van der Waals surface area contributed by atoms with Gasteiger partial charge in [0.1, 0.15) is 0 Å². The Morgan fingerprint density at radius 2 is 1.90 bits per heavy atom. The second kappa shape index (κ2) is 5.88. The summed E-state index contributed by atoms with van der Waals surface area (Å²) < 4.78 is 0. The summed E-state index contributed by atoms with van der Waals surface area (Å²) in [4.78, 5) is 23.9. The van der Waals surface area contributed by atoms with Gasteiger partial charge in [-0.05, 0) is 34.5 Å². The first-order chi connectivity index (χ1) is 9.52. The Kier molecular flexibility index (Phi) is 4.20. The zero-order chi connectivity index (χ0) is 14.7. The molecule has 0 spiro atoms. The number of carbonyl (C=O) groups is 2. The van der Waals surface area contributed by atoms with Crippen LogP contribution in [0.5, 0.6) is 0 Å². The number of allylic oxidation sites excluding steroid dienone is 2. The van der Waals surface area contributed by atoms with E-state index >= 15 is 0 Å². The third kappa shape index (κ3) is 2.89. The molecule has 0 aliphatic carbocycles. The van der Waals surface area contributed by atoms with Crippen LogP contribution in [-0.4, -0.2) is 10.9 Å². The molecular weight excluding hydrogens is 268 g/mol. The lowest BCUT2D eigenvalue weighted by Gasteiger charge is -2.10. The second-order valence-electron chi connectivity index (χ2n) is 4.33. The molecule has 0 heterocycles. The number of carbonyl (C=O) groups excluding carboxylic acids is 2. The second-order valence-corrected chi connectivity index (χ2v) is 5.58. The molecule has 3 heteroatoms. The molecule has 2 aromatic carbocycles. The summed E-state index contributed by atoms with van der Waals surface area (Å²) in [5, 5.41) is 1.93. The molecule has 2 nitrogen and oxygen atoms in total. The van der Waals surface area contributed by atoms with Crippen molar-refractivity contribution < 1.29 is 9.59 Å². The number of hydrogen-bond acceptors (Lipinski definition) is 3. The standard InChI is InChI=1S/C17H14O2S/c1-4-17(19)11(2)16-10-14(20-12(3)18)9-13-7-5-6-8-15(13)16/h4-10H,1-2H2,3H3. The van der Waals surface area contributed by atoms with Gasteiger partial charge in [0.25, 0.3) is 0 Å². The average Bonchev–Trinajstić information content (AvgIpc) is 2.44. The first-order valence-electron chi connectivity index (χ1n) is 6.10. The van der Waals surface area contributed by atoms with E-state index in [1.165, 1.54) is 13.0 Å². The molecule has 0 N–H and O–H groups in total. The normalized spacial score (nSPS) is 10.2. The molecule has 0 saturated carbocycles. The summed E-state index contributed by atoms with van der Waals surface area (Å²) in [6.07, 6.45) is 1.25. The average molecular weight is 282 g/mol. The summed E-state index contributed by atoms with van der Waals surface area (Å²) in [6.45, 7) is 8.86. The Labute approximate surface area is 122 Å². The van der Waals surface area contributed by atoms with Gasteiger partial charge < -0.3 is 0 Å². The van der Waals surface area contributed by atoms with E-state index in [0.717, 1.165) is 33.0 Å². The highest BCUT2D eigenvalue weighted by Crippen LogP contribution is 2.31. The summed E-state index contributed by atoms with van der Waals surface area (Å²) in [6, 6.07) is 11.5. The lowest BCUT2D eigenvalue weighted by atomic mass is 9.97. The van der Waals surface area contributed by atoms with E-state index in [1.807, 2.05) is 36.4 Å². The SMILES string of the molecule is C=CC(=O)C(=C)c1cc(SC(C)=O)cc2ccccc12. The summed E-state index contributed by atoms with van der Waals surface area (Å²) in [7, 11) is 0. The van der Waals surface area contributed by atoms with Crippen LogP contribution in [0.1, 0.15) is 12.5 Å². The van der Waals surface area contributed by atoms with Crippen LogP contribution < -0.4 is 0 Å². The maximum atomic E-state index is 11.8. The highest BCUT2D eigenvalue weighted by Gasteiger charge is 2.12. The molecule has 20 heavy (non-hydrogen) atoms. The van der Waals surface area contributed by atoms with Crippen molar-refractivity contribution in [2.24, 2.45) is 0 Å². The molecule has 100 valence electrons. The van der Waals surface area contributed by atoms with E-state index in [2.05, 4.69) is 13.2 Å². The van der Waals surface area contributed by atoms with Gasteiger partial charge in [-0.3, -0.25) is 9.59 Å². The molecule has 0 fully saturated rings. The van der Waals surface area contributed by atoms with E-state index in [0.29, 0.717) is 5.57 Å². The molecule has 0 aromatic heterocycles. The van der Waals surface area contributed by atoms with Gasteiger partial charge in [0.15, 0.2) is 10.9 Å². The smallest absolute Gasteiger partial charge is 0.190 e. The molecule has 0 aliphatic heterocycles. The zero-order valence-corrected chi connectivity index (χ0v) is 12.0. The van der Waals surface area contributed by atoms with Crippen molar-refractivity contribution in [2.75, 3.05) is 0 Å². The lowest BCUT2D eigenvalue weighted by molar-refractivity contribution is -0.110. The van der Waals surface area contributed by atoms with Gasteiger partial charge in [0.2, 0.25) is 0 Å². The van der Waals surface area contributed by atoms with Crippen LogP contribution in [-0.2, 0) is 9.59 Å². The third-order valence-corrected chi connectivity index (χ3v) is 3.66. The minimum Gasteiger partial charge on any atom is -0.289 e.